The molecule has 5 nitrogen and oxygen atoms in total. The molecule has 0 aliphatic rings. The molecule has 0 aliphatic heterocycles. The number of nitrogens with one attached hydrogen (secondary N) is 1. The molecule has 2 aromatic rings. The first-order valence-corrected chi connectivity index (χ1v) is 6.58. The smallest absolute Gasteiger partial charge is 0.280 e. The molecular weight excluding hydrogens is 266 g/mol. The van der Waals surface area contributed by atoms with E-state index < -0.39 is 5.91 Å². The van der Waals surface area contributed by atoms with Gasteiger partial charge in [-0.25, -0.2) is 4.68 Å². The Bertz CT molecular complexity index is 748. The molecule has 0 bridgehead atoms. The van der Waals surface area contributed by atoms with Crippen LogP contribution in [0.5, 0.6) is 0 Å². The second-order valence-corrected chi connectivity index (χ2v) is 4.72. The van der Waals surface area contributed by atoms with Crippen LogP contribution < -0.4 is 10.9 Å². The van der Waals surface area contributed by atoms with Crippen LogP contribution in [0.25, 0.3) is 0 Å². The van der Waals surface area contributed by atoms with Gasteiger partial charge < -0.3 is 5.32 Å². The van der Waals surface area contributed by atoms with Crippen LogP contribution in [-0.2, 0) is 13.6 Å². The summed E-state index contributed by atoms with van der Waals surface area (Å²) in [6, 6.07) is 9.62. The van der Waals surface area contributed by atoms with Crippen molar-refractivity contribution in [1.82, 2.24) is 14.7 Å². The molecule has 1 heterocycles. The highest BCUT2D eigenvalue weighted by atomic mass is 16.2. The summed E-state index contributed by atoms with van der Waals surface area (Å²) < 4.78 is 3.23. The minimum atomic E-state index is -0.433. The SMILES string of the molecule is C#CCNC(=O)c1c(C)n(C)n(Cc2ccccc2)c1=O. The third kappa shape index (κ3) is 2.90. The number of terminal acetylenes is 1. The van der Waals surface area contributed by atoms with Gasteiger partial charge in [-0.3, -0.25) is 14.3 Å². The number of hydrogen-bond acceptors (Lipinski definition) is 2. The van der Waals surface area contributed by atoms with Crippen LogP contribution in [0.3, 0.4) is 0 Å². The summed E-state index contributed by atoms with van der Waals surface area (Å²) in [5.41, 5.74) is 1.44. The number of nitrogens with zero attached hydrogens (tertiary/aromatic N) is 2. The first kappa shape index (κ1) is 14.7. The van der Waals surface area contributed by atoms with Gasteiger partial charge in [-0.2, -0.15) is 0 Å². The number of rotatable bonds is 4. The summed E-state index contributed by atoms with van der Waals surface area (Å²) in [4.78, 5) is 24.5. The van der Waals surface area contributed by atoms with Crippen molar-refractivity contribution in [3.05, 3.63) is 57.5 Å². The monoisotopic (exact) mass is 283 g/mol. The van der Waals surface area contributed by atoms with E-state index in [4.69, 9.17) is 6.42 Å². The van der Waals surface area contributed by atoms with Gasteiger partial charge in [-0.05, 0) is 12.5 Å². The van der Waals surface area contributed by atoms with Gasteiger partial charge in [0.2, 0.25) is 0 Å². The van der Waals surface area contributed by atoms with E-state index >= 15 is 0 Å². The lowest BCUT2D eigenvalue weighted by molar-refractivity contribution is 0.0957. The maximum atomic E-state index is 12.4. The van der Waals surface area contributed by atoms with E-state index in [0.29, 0.717) is 12.2 Å². The van der Waals surface area contributed by atoms with E-state index in [1.165, 1.54) is 4.68 Å². The Labute approximate surface area is 123 Å². The van der Waals surface area contributed by atoms with E-state index in [1.54, 1.807) is 18.7 Å². The van der Waals surface area contributed by atoms with Crippen LogP contribution in [-0.4, -0.2) is 21.8 Å². The van der Waals surface area contributed by atoms with Gasteiger partial charge >= 0.3 is 0 Å². The molecule has 0 radical (unpaired) electrons. The van der Waals surface area contributed by atoms with Crippen molar-refractivity contribution in [2.24, 2.45) is 7.05 Å². The predicted molar refractivity (Wildman–Crippen MR) is 81.1 cm³/mol. The molecule has 5 heteroatoms. The Kier molecular flexibility index (Phi) is 4.29. The van der Waals surface area contributed by atoms with Crippen molar-refractivity contribution in [2.45, 2.75) is 13.5 Å². The van der Waals surface area contributed by atoms with Crippen LogP contribution in [0.15, 0.2) is 35.1 Å². The number of aromatic nitrogens is 2. The zero-order valence-corrected chi connectivity index (χ0v) is 12.1. The molecule has 1 amide bonds. The number of carbonyl (C=O) groups is 1. The fourth-order valence-corrected chi connectivity index (χ4v) is 2.18. The quantitative estimate of drug-likeness (QED) is 0.848. The fraction of sp³-hybridized carbons (Fsp3) is 0.250. The molecule has 0 saturated heterocycles. The molecule has 2 rings (SSSR count). The third-order valence-corrected chi connectivity index (χ3v) is 3.41. The molecule has 1 N–H and O–H groups in total. The van der Waals surface area contributed by atoms with Crippen LogP contribution >= 0.6 is 0 Å². The van der Waals surface area contributed by atoms with Gasteiger partial charge in [-0.15, -0.1) is 6.42 Å². The summed E-state index contributed by atoms with van der Waals surface area (Å²) in [5, 5.41) is 2.53. The van der Waals surface area contributed by atoms with E-state index in [2.05, 4.69) is 11.2 Å². The van der Waals surface area contributed by atoms with Crippen LogP contribution in [0, 0.1) is 19.3 Å². The second kappa shape index (κ2) is 6.14. The van der Waals surface area contributed by atoms with Gasteiger partial charge in [-0.1, -0.05) is 36.3 Å². The van der Waals surface area contributed by atoms with Crippen LogP contribution in [0.2, 0.25) is 0 Å². The summed E-state index contributed by atoms with van der Waals surface area (Å²) in [6.45, 7) is 2.26. The number of carbonyl (C=O) groups excluding carboxylic acids is 1. The van der Waals surface area contributed by atoms with Crippen molar-refractivity contribution < 1.29 is 4.79 Å². The summed E-state index contributed by atoms with van der Waals surface area (Å²) in [6.07, 6.45) is 5.12. The Balaban J connectivity index is 2.39. The molecule has 1 aromatic carbocycles. The van der Waals surface area contributed by atoms with Gasteiger partial charge in [0.1, 0.15) is 5.56 Å². The average molecular weight is 283 g/mol. The molecule has 0 spiro atoms. The molecule has 0 unspecified atom stereocenters. The van der Waals surface area contributed by atoms with Crippen molar-refractivity contribution >= 4 is 5.91 Å². The van der Waals surface area contributed by atoms with E-state index in [1.807, 2.05) is 30.3 Å². The summed E-state index contributed by atoms with van der Waals surface area (Å²) in [7, 11) is 1.76. The van der Waals surface area contributed by atoms with Gasteiger partial charge in [0, 0.05) is 12.7 Å². The fourth-order valence-electron chi connectivity index (χ4n) is 2.18. The van der Waals surface area contributed by atoms with Gasteiger partial charge in [0.05, 0.1) is 13.1 Å². The largest absolute Gasteiger partial charge is 0.341 e. The molecular formula is C16H17N3O2. The zero-order chi connectivity index (χ0) is 15.4. The summed E-state index contributed by atoms with van der Waals surface area (Å²) in [5.74, 6) is 1.89. The van der Waals surface area contributed by atoms with Crippen molar-refractivity contribution in [3.8, 4) is 12.3 Å². The molecule has 1 aromatic heterocycles. The van der Waals surface area contributed by atoms with Crippen LogP contribution in [0.4, 0.5) is 0 Å². The number of hydrogen-bond donors (Lipinski definition) is 1. The lowest BCUT2D eigenvalue weighted by Gasteiger charge is -2.08. The van der Waals surface area contributed by atoms with Crippen molar-refractivity contribution in [2.75, 3.05) is 6.54 Å². The molecule has 0 atom stereocenters. The number of amides is 1. The maximum absolute atomic E-state index is 12.4. The number of benzene rings is 1. The topological polar surface area (TPSA) is 56.0 Å². The predicted octanol–water partition coefficient (Wildman–Crippen LogP) is 0.907. The Morgan fingerprint density at radius 3 is 2.62 bits per heavy atom. The van der Waals surface area contributed by atoms with E-state index in [0.717, 1.165) is 5.56 Å². The first-order valence-electron chi connectivity index (χ1n) is 6.58. The van der Waals surface area contributed by atoms with Gasteiger partial charge in [0.25, 0.3) is 11.5 Å². The van der Waals surface area contributed by atoms with E-state index in [9.17, 15) is 9.59 Å². The lowest BCUT2D eigenvalue weighted by atomic mass is 10.2. The molecule has 0 fully saturated rings. The molecule has 0 aliphatic carbocycles. The van der Waals surface area contributed by atoms with Crippen molar-refractivity contribution in [3.63, 3.8) is 0 Å². The van der Waals surface area contributed by atoms with Crippen LogP contribution in [0.1, 0.15) is 21.6 Å². The molecule has 0 saturated carbocycles. The summed E-state index contributed by atoms with van der Waals surface area (Å²) >= 11 is 0. The lowest BCUT2D eigenvalue weighted by Crippen LogP contribution is -2.31. The van der Waals surface area contributed by atoms with Gasteiger partial charge in [0.15, 0.2) is 0 Å². The normalized spacial score (nSPS) is 10.1. The molecule has 21 heavy (non-hydrogen) atoms. The van der Waals surface area contributed by atoms with Crippen molar-refractivity contribution in [1.29, 1.82) is 0 Å². The Morgan fingerprint density at radius 1 is 1.33 bits per heavy atom. The zero-order valence-electron chi connectivity index (χ0n) is 12.1. The third-order valence-electron chi connectivity index (χ3n) is 3.41. The highest BCUT2D eigenvalue weighted by Crippen LogP contribution is 2.06. The minimum Gasteiger partial charge on any atom is -0.341 e. The first-order chi connectivity index (χ1) is 10.1. The second-order valence-electron chi connectivity index (χ2n) is 4.72. The highest BCUT2D eigenvalue weighted by Gasteiger charge is 2.20. The standard InChI is InChI=1S/C16H17N3O2/c1-4-10-17-15(20)14-12(2)18(3)19(16(14)21)11-13-8-6-5-7-9-13/h1,5-9H,10-11H2,2-3H3,(H,17,20). The van der Waals surface area contributed by atoms with E-state index in [-0.39, 0.29) is 17.7 Å². The minimum absolute atomic E-state index is 0.102. The average Bonchev–Trinajstić information content (AvgIpc) is 2.70. The Hall–Kier alpha value is -2.74. The Morgan fingerprint density at radius 2 is 2.00 bits per heavy atom. The highest BCUT2D eigenvalue weighted by molar-refractivity contribution is 5.95. The maximum Gasteiger partial charge on any atom is 0.280 e. The molecule has 108 valence electrons.